The zero-order valence-corrected chi connectivity index (χ0v) is 11.9. The highest BCUT2D eigenvalue weighted by molar-refractivity contribution is 5.89. The van der Waals surface area contributed by atoms with Crippen LogP contribution >= 0.6 is 0 Å². The number of benzene rings is 2. The predicted octanol–water partition coefficient (Wildman–Crippen LogP) is 1.22. The molecule has 2 unspecified atom stereocenters. The van der Waals surface area contributed by atoms with E-state index in [1.807, 2.05) is 49.4 Å². The first kappa shape index (κ1) is 15.0. The summed E-state index contributed by atoms with van der Waals surface area (Å²) < 4.78 is 0. The van der Waals surface area contributed by atoms with Crippen LogP contribution in [0.1, 0.15) is 24.9 Å². The molecular formula is C16H19N3O2. The van der Waals surface area contributed by atoms with Crippen LogP contribution in [-0.2, 0) is 9.59 Å². The Morgan fingerprint density at radius 1 is 1.14 bits per heavy atom. The summed E-state index contributed by atoms with van der Waals surface area (Å²) in [6.45, 7) is 1.89. The van der Waals surface area contributed by atoms with Crippen LogP contribution in [0.25, 0.3) is 10.8 Å². The van der Waals surface area contributed by atoms with Crippen molar-refractivity contribution in [1.29, 1.82) is 0 Å². The zero-order valence-electron chi connectivity index (χ0n) is 11.9. The lowest BCUT2D eigenvalue weighted by Crippen LogP contribution is -2.43. The van der Waals surface area contributed by atoms with E-state index in [9.17, 15) is 9.59 Å². The van der Waals surface area contributed by atoms with Crippen molar-refractivity contribution in [1.82, 2.24) is 5.32 Å². The number of fused-ring (bicyclic) bond motifs is 1. The number of hydrogen-bond donors (Lipinski definition) is 3. The van der Waals surface area contributed by atoms with Crippen LogP contribution in [-0.4, -0.2) is 17.9 Å². The van der Waals surface area contributed by atoms with Crippen LogP contribution in [0.4, 0.5) is 0 Å². The number of hydrogen-bond acceptors (Lipinski definition) is 3. The van der Waals surface area contributed by atoms with Crippen molar-refractivity contribution in [2.45, 2.75) is 25.4 Å². The van der Waals surface area contributed by atoms with E-state index in [1.165, 1.54) is 0 Å². The van der Waals surface area contributed by atoms with Crippen LogP contribution in [0.3, 0.4) is 0 Å². The first-order valence-corrected chi connectivity index (χ1v) is 6.81. The van der Waals surface area contributed by atoms with Gasteiger partial charge >= 0.3 is 0 Å². The van der Waals surface area contributed by atoms with Crippen molar-refractivity contribution in [2.24, 2.45) is 11.5 Å². The van der Waals surface area contributed by atoms with Gasteiger partial charge in [-0.1, -0.05) is 42.5 Å². The van der Waals surface area contributed by atoms with Crippen LogP contribution < -0.4 is 16.8 Å². The van der Waals surface area contributed by atoms with Crippen molar-refractivity contribution in [2.75, 3.05) is 0 Å². The first-order chi connectivity index (χ1) is 9.99. The highest BCUT2D eigenvalue weighted by atomic mass is 16.2. The molecule has 0 saturated carbocycles. The summed E-state index contributed by atoms with van der Waals surface area (Å²) in [6, 6.07) is 12.8. The molecule has 5 heteroatoms. The van der Waals surface area contributed by atoms with Gasteiger partial charge in [-0.15, -0.1) is 0 Å². The third kappa shape index (κ3) is 3.58. The predicted molar refractivity (Wildman–Crippen MR) is 82.3 cm³/mol. The number of nitrogens with two attached hydrogens (primary N) is 2. The summed E-state index contributed by atoms with van der Waals surface area (Å²) in [6.07, 6.45) is -0.159. The molecule has 2 rings (SSSR count). The van der Waals surface area contributed by atoms with Gasteiger partial charge in [-0.2, -0.15) is 0 Å². The van der Waals surface area contributed by atoms with E-state index in [1.54, 1.807) is 0 Å². The molecule has 2 aromatic carbocycles. The summed E-state index contributed by atoms with van der Waals surface area (Å²) in [5.41, 5.74) is 11.7. The molecule has 0 aliphatic heterocycles. The molecule has 5 nitrogen and oxygen atoms in total. The van der Waals surface area contributed by atoms with Gasteiger partial charge in [0.25, 0.3) is 0 Å². The van der Waals surface area contributed by atoms with Crippen LogP contribution in [0, 0.1) is 0 Å². The Bertz CT molecular complexity index is 664. The van der Waals surface area contributed by atoms with E-state index in [0.717, 1.165) is 16.3 Å². The summed E-state index contributed by atoms with van der Waals surface area (Å²) in [5, 5.41) is 5.01. The lowest BCUT2D eigenvalue weighted by molar-refractivity contribution is -0.126. The number of amides is 2. The molecule has 0 fully saturated rings. The maximum atomic E-state index is 12.0. The molecule has 0 aromatic heterocycles. The van der Waals surface area contributed by atoms with Gasteiger partial charge in [0.05, 0.1) is 18.5 Å². The number of primary amides is 1. The van der Waals surface area contributed by atoms with E-state index >= 15 is 0 Å². The molecule has 0 radical (unpaired) electrons. The minimum atomic E-state index is -0.917. The van der Waals surface area contributed by atoms with Gasteiger partial charge in [-0.05, 0) is 23.3 Å². The first-order valence-electron chi connectivity index (χ1n) is 6.81. The van der Waals surface area contributed by atoms with Gasteiger partial charge in [0.15, 0.2) is 0 Å². The molecule has 0 aliphatic carbocycles. The van der Waals surface area contributed by atoms with E-state index < -0.39 is 11.9 Å². The Kier molecular flexibility index (Phi) is 4.55. The number of rotatable bonds is 5. The van der Waals surface area contributed by atoms with E-state index in [2.05, 4.69) is 5.32 Å². The molecule has 5 N–H and O–H groups in total. The molecule has 21 heavy (non-hydrogen) atoms. The molecule has 0 heterocycles. The average Bonchev–Trinajstić information content (AvgIpc) is 2.45. The highest BCUT2D eigenvalue weighted by Crippen LogP contribution is 2.24. The number of nitrogens with one attached hydrogen (secondary N) is 1. The zero-order chi connectivity index (χ0) is 15.4. The Labute approximate surface area is 123 Å². The lowest BCUT2D eigenvalue weighted by Gasteiger charge is -2.19. The fourth-order valence-electron chi connectivity index (χ4n) is 2.34. The minimum absolute atomic E-state index is 0.159. The monoisotopic (exact) mass is 285 g/mol. The van der Waals surface area contributed by atoms with Crippen molar-refractivity contribution < 1.29 is 9.59 Å². The molecule has 2 atom stereocenters. The number of carbonyl (C=O) groups is 2. The number of carbonyl (C=O) groups excluding carboxylic acids is 2. The van der Waals surface area contributed by atoms with Gasteiger partial charge in [0, 0.05) is 0 Å². The maximum Gasteiger partial charge on any atom is 0.237 e. The standard InChI is InChI=1S/C16H19N3O2/c1-10(19-16(21)14(17)9-15(18)20)12-8-4-6-11-5-2-3-7-13(11)12/h2-8,10,14H,9,17H2,1H3,(H2,18,20)(H,19,21). The Morgan fingerprint density at radius 3 is 2.52 bits per heavy atom. The molecule has 2 amide bonds. The van der Waals surface area contributed by atoms with Crippen molar-refractivity contribution in [3.05, 3.63) is 48.0 Å². The molecule has 0 spiro atoms. The fraction of sp³-hybridized carbons (Fsp3) is 0.250. The normalized spacial score (nSPS) is 13.6. The van der Waals surface area contributed by atoms with E-state index in [0.29, 0.717) is 0 Å². The van der Waals surface area contributed by atoms with Gasteiger partial charge in [-0.25, -0.2) is 0 Å². The van der Waals surface area contributed by atoms with Crippen molar-refractivity contribution in [3.8, 4) is 0 Å². The molecule has 0 bridgehead atoms. The second-order valence-corrected chi connectivity index (χ2v) is 5.08. The van der Waals surface area contributed by atoms with Crippen molar-refractivity contribution in [3.63, 3.8) is 0 Å². The summed E-state index contributed by atoms with van der Waals surface area (Å²) >= 11 is 0. The molecule has 0 aliphatic rings. The quantitative estimate of drug-likeness (QED) is 0.770. The van der Waals surface area contributed by atoms with Gasteiger partial charge in [0.2, 0.25) is 11.8 Å². The second kappa shape index (κ2) is 6.37. The topological polar surface area (TPSA) is 98.2 Å². The Hall–Kier alpha value is -2.40. The highest BCUT2D eigenvalue weighted by Gasteiger charge is 2.19. The Balaban J connectivity index is 2.17. The van der Waals surface area contributed by atoms with Crippen LogP contribution in [0.15, 0.2) is 42.5 Å². The average molecular weight is 285 g/mol. The van der Waals surface area contributed by atoms with E-state index in [-0.39, 0.29) is 18.4 Å². The largest absolute Gasteiger partial charge is 0.370 e. The fourth-order valence-corrected chi connectivity index (χ4v) is 2.34. The van der Waals surface area contributed by atoms with Gasteiger partial charge in [-0.3, -0.25) is 9.59 Å². The molecule has 2 aromatic rings. The third-order valence-electron chi connectivity index (χ3n) is 3.41. The summed E-state index contributed by atoms with van der Waals surface area (Å²) in [5.74, 6) is -0.968. The van der Waals surface area contributed by atoms with Crippen molar-refractivity contribution >= 4 is 22.6 Å². The van der Waals surface area contributed by atoms with Gasteiger partial charge in [0.1, 0.15) is 0 Å². The minimum Gasteiger partial charge on any atom is -0.370 e. The SMILES string of the molecule is CC(NC(=O)C(N)CC(N)=O)c1cccc2ccccc12. The van der Waals surface area contributed by atoms with Gasteiger partial charge < -0.3 is 16.8 Å². The molecule has 110 valence electrons. The summed E-state index contributed by atoms with van der Waals surface area (Å²) in [4.78, 5) is 22.8. The Morgan fingerprint density at radius 2 is 1.81 bits per heavy atom. The lowest BCUT2D eigenvalue weighted by atomic mass is 9.99. The third-order valence-corrected chi connectivity index (χ3v) is 3.41. The van der Waals surface area contributed by atoms with E-state index in [4.69, 9.17) is 11.5 Å². The maximum absolute atomic E-state index is 12.0. The smallest absolute Gasteiger partial charge is 0.237 e. The molecular weight excluding hydrogens is 266 g/mol. The molecule has 0 saturated heterocycles. The summed E-state index contributed by atoms with van der Waals surface area (Å²) in [7, 11) is 0. The van der Waals surface area contributed by atoms with Crippen LogP contribution in [0.5, 0.6) is 0 Å². The van der Waals surface area contributed by atoms with Crippen LogP contribution in [0.2, 0.25) is 0 Å². The second-order valence-electron chi connectivity index (χ2n) is 5.08.